The van der Waals surface area contributed by atoms with E-state index >= 15 is 0 Å². The molecule has 4 nitrogen and oxygen atoms in total. The highest BCUT2D eigenvalue weighted by atomic mass is 32.2. The van der Waals surface area contributed by atoms with E-state index in [9.17, 15) is 4.79 Å². The molecule has 5 heteroatoms. The Hall–Kier alpha value is -1.46. The number of carbonyl (C=O) groups is 1. The largest absolute Gasteiger partial charge is 0.493 e. The Labute approximate surface area is 166 Å². The van der Waals surface area contributed by atoms with Crippen LogP contribution in [0.3, 0.4) is 0 Å². The van der Waals surface area contributed by atoms with Gasteiger partial charge in [-0.25, -0.2) is 4.79 Å². The SMILES string of the molecule is O=C(O)C=CCCCC[C@H]1[C@@H](CSCCOc2ccccc2)[C@H]2CC[C@@H]1O2. The molecule has 2 heterocycles. The van der Waals surface area contributed by atoms with Gasteiger partial charge in [0.1, 0.15) is 5.75 Å². The van der Waals surface area contributed by atoms with Crippen molar-refractivity contribution in [1.29, 1.82) is 0 Å². The van der Waals surface area contributed by atoms with Crippen LogP contribution in [0, 0.1) is 11.8 Å². The summed E-state index contributed by atoms with van der Waals surface area (Å²) in [4.78, 5) is 10.5. The number of rotatable bonds is 12. The maximum Gasteiger partial charge on any atom is 0.327 e. The molecule has 0 radical (unpaired) electrons. The first-order chi connectivity index (χ1) is 13.2. The van der Waals surface area contributed by atoms with Crippen LogP contribution in [0.15, 0.2) is 42.5 Å². The third-order valence-corrected chi connectivity index (χ3v) is 6.63. The molecule has 0 unspecified atom stereocenters. The number of hydrogen-bond donors (Lipinski definition) is 1. The molecule has 0 saturated carbocycles. The number of allylic oxidation sites excluding steroid dienone is 1. The molecule has 27 heavy (non-hydrogen) atoms. The monoisotopic (exact) mass is 390 g/mol. The van der Waals surface area contributed by atoms with Crippen molar-refractivity contribution in [2.45, 2.75) is 50.7 Å². The number of ether oxygens (including phenoxy) is 2. The second kappa shape index (κ2) is 10.8. The van der Waals surface area contributed by atoms with Gasteiger partial charge in [-0.3, -0.25) is 0 Å². The van der Waals surface area contributed by atoms with E-state index in [-0.39, 0.29) is 0 Å². The molecule has 2 fully saturated rings. The fourth-order valence-electron chi connectivity index (χ4n) is 4.28. The van der Waals surface area contributed by atoms with Gasteiger partial charge in [0.2, 0.25) is 0 Å². The zero-order valence-corrected chi connectivity index (χ0v) is 16.6. The first kappa shape index (κ1) is 20.3. The lowest BCUT2D eigenvalue weighted by Gasteiger charge is -2.27. The third kappa shape index (κ3) is 6.28. The summed E-state index contributed by atoms with van der Waals surface area (Å²) in [5.41, 5.74) is 0. The van der Waals surface area contributed by atoms with Crippen molar-refractivity contribution in [2.24, 2.45) is 11.8 Å². The number of thioether (sulfide) groups is 1. The van der Waals surface area contributed by atoms with Crippen LogP contribution < -0.4 is 4.74 Å². The van der Waals surface area contributed by atoms with Crippen LogP contribution in [0.4, 0.5) is 0 Å². The average Bonchev–Trinajstić information content (AvgIpc) is 3.27. The van der Waals surface area contributed by atoms with Crippen LogP contribution in [0.5, 0.6) is 5.75 Å². The molecule has 0 amide bonds. The number of benzene rings is 1. The van der Waals surface area contributed by atoms with Crippen LogP contribution in [0.2, 0.25) is 0 Å². The van der Waals surface area contributed by atoms with Gasteiger partial charge in [-0.2, -0.15) is 11.8 Å². The number of carboxylic acid groups (broad SMARTS) is 1. The molecule has 4 atom stereocenters. The van der Waals surface area contributed by atoms with Crippen LogP contribution in [-0.2, 0) is 9.53 Å². The summed E-state index contributed by atoms with van der Waals surface area (Å²) in [6.45, 7) is 0.747. The van der Waals surface area contributed by atoms with E-state index in [1.165, 1.54) is 25.3 Å². The van der Waals surface area contributed by atoms with Crippen molar-refractivity contribution in [3.8, 4) is 5.75 Å². The third-order valence-electron chi connectivity index (χ3n) is 5.56. The molecule has 0 spiro atoms. The van der Waals surface area contributed by atoms with Crippen molar-refractivity contribution >= 4 is 17.7 Å². The molecule has 3 rings (SSSR count). The zero-order valence-electron chi connectivity index (χ0n) is 15.8. The van der Waals surface area contributed by atoms with Gasteiger partial charge in [-0.05, 0) is 61.8 Å². The quantitative estimate of drug-likeness (QED) is 0.411. The molecule has 1 N–H and O–H groups in total. The van der Waals surface area contributed by atoms with Crippen LogP contribution in [0.25, 0.3) is 0 Å². The lowest BCUT2D eigenvalue weighted by Crippen LogP contribution is -2.29. The van der Waals surface area contributed by atoms with E-state index in [1.807, 2.05) is 42.1 Å². The van der Waals surface area contributed by atoms with Gasteiger partial charge in [-0.15, -0.1) is 0 Å². The van der Waals surface area contributed by atoms with Gasteiger partial charge in [0.15, 0.2) is 0 Å². The van der Waals surface area contributed by atoms with Gasteiger partial charge >= 0.3 is 5.97 Å². The smallest absolute Gasteiger partial charge is 0.327 e. The molecule has 2 saturated heterocycles. The van der Waals surface area contributed by atoms with Crippen LogP contribution >= 0.6 is 11.8 Å². The molecular weight excluding hydrogens is 360 g/mol. The standard InChI is InChI=1S/C22H30O4S/c23-22(24)11-7-2-1-6-10-18-19(21-13-12-20(18)26-21)16-27-15-14-25-17-8-4-3-5-9-17/h3-5,7-9,11,18-21H,1-2,6,10,12-16H2,(H,23,24)/t18-,19+,20-,21+/m0/s1. The second-order valence-corrected chi connectivity index (χ2v) is 8.53. The first-order valence-corrected chi connectivity index (χ1v) is 11.2. The van der Waals surface area contributed by atoms with E-state index in [0.29, 0.717) is 24.0 Å². The summed E-state index contributed by atoms with van der Waals surface area (Å²) >= 11 is 1.98. The van der Waals surface area contributed by atoms with E-state index in [0.717, 1.165) is 43.1 Å². The van der Waals surface area contributed by atoms with Crippen LogP contribution in [-0.4, -0.2) is 41.4 Å². The molecular formula is C22H30O4S. The molecule has 2 aliphatic rings. The van der Waals surface area contributed by atoms with E-state index in [2.05, 4.69) is 0 Å². The number of unbranched alkanes of at least 4 members (excludes halogenated alkanes) is 2. The fourth-order valence-corrected chi connectivity index (χ4v) is 5.38. The molecule has 0 aromatic heterocycles. The maximum atomic E-state index is 10.5. The molecule has 148 valence electrons. The number of para-hydroxylation sites is 1. The summed E-state index contributed by atoms with van der Waals surface area (Å²) in [5, 5.41) is 8.62. The fraction of sp³-hybridized carbons (Fsp3) is 0.591. The number of hydrogen-bond acceptors (Lipinski definition) is 4. The normalized spacial score (nSPS) is 26.7. The van der Waals surface area contributed by atoms with Gasteiger partial charge in [0.25, 0.3) is 0 Å². The predicted molar refractivity (Wildman–Crippen MR) is 109 cm³/mol. The Morgan fingerprint density at radius 2 is 1.96 bits per heavy atom. The highest BCUT2D eigenvalue weighted by molar-refractivity contribution is 7.99. The minimum absolute atomic E-state index is 0.453. The van der Waals surface area contributed by atoms with Crippen LogP contribution in [0.1, 0.15) is 38.5 Å². The molecule has 0 aliphatic carbocycles. The summed E-state index contributed by atoms with van der Waals surface area (Å²) in [5.74, 6) is 3.59. The number of carboxylic acids is 1. The number of fused-ring (bicyclic) bond motifs is 2. The van der Waals surface area contributed by atoms with Gasteiger partial charge in [0.05, 0.1) is 18.8 Å². The lowest BCUT2D eigenvalue weighted by molar-refractivity contribution is -0.131. The number of aliphatic carboxylic acids is 1. The second-order valence-electron chi connectivity index (χ2n) is 7.38. The molecule has 2 bridgehead atoms. The van der Waals surface area contributed by atoms with Crippen molar-refractivity contribution in [3.05, 3.63) is 42.5 Å². The maximum absolute atomic E-state index is 10.5. The topological polar surface area (TPSA) is 55.8 Å². The van der Waals surface area contributed by atoms with E-state index in [4.69, 9.17) is 14.6 Å². The molecule has 2 aliphatic heterocycles. The summed E-state index contributed by atoms with van der Waals surface area (Å²) in [6, 6.07) is 9.99. The van der Waals surface area contributed by atoms with Gasteiger partial charge < -0.3 is 14.6 Å². The summed E-state index contributed by atoms with van der Waals surface area (Å²) in [7, 11) is 0. The van der Waals surface area contributed by atoms with Crippen molar-refractivity contribution in [2.75, 3.05) is 18.1 Å². The Morgan fingerprint density at radius 3 is 2.74 bits per heavy atom. The minimum atomic E-state index is -0.857. The highest BCUT2D eigenvalue weighted by Gasteiger charge is 2.47. The average molecular weight is 391 g/mol. The molecule has 1 aromatic rings. The van der Waals surface area contributed by atoms with Gasteiger partial charge in [0, 0.05) is 11.8 Å². The first-order valence-electron chi connectivity index (χ1n) is 10.0. The Morgan fingerprint density at radius 1 is 1.19 bits per heavy atom. The lowest BCUT2D eigenvalue weighted by atomic mass is 9.77. The molecule has 1 aromatic carbocycles. The Kier molecular flexibility index (Phi) is 8.09. The summed E-state index contributed by atoms with van der Waals surface area (Å²) in [6.07, 6.45) is 10.6. The highest BCUT2D eigenvalue weighted by Crippen LogP contribution is 2.46. The minimum Gasteiger partial charge on any atom is -0.493 e. The Balaban J connectivity index is 1.33. The Bertz CT molecular complexity index is 604. The van der Waals surface area contributed by atoms with Crippen molar-refractivity contribution in [3.63, 3.8) is 0 Å². The van der Waals surface area contributed by atoms with E-state index < -0.39 is 5.97 Å². The van der Waals surface area contributed by atoms with E-state index in [1.54, 1.807) is 6.08 Å². The zero-order chi connectivity index (χ0) is 18.9. The summed E-state index contributed by atoms with van der Waals surface area (Å²) < 4.78 is 12.0. The van der Waals surface area contributed by atoms with Crippen molar-refractivity contribution < 1.29 is 19.4 Å². The predicted octanol–water partition coefficient (Wildman–Crippen LogP) is 4.79. The van der Waals surface area contributed by atoms with Gasteiger partial charge in [-0.1, -0.05) is 30.7 Å². The van der Waals surface area contributed by atoms with Crippen molar-refractivity contribution in [1.82, 2.24) is 0 Å².